The number of ether oxygens (including phenoxy) is 1. The van der Waals surface area contributed by atoms with Gasteiger partial charge in [-0.3, -0.25) is 4.79 Å². The van der Waals surface area contributed by atoms with E-state index < -0.39 is 0 Å². The van der Waals surface area contributed by atoms with Gasteiger partial charge in [-0.1, -0.05) is 13.3 Å². The van der Waals surface area contributed by atoms with Crippen molar-refractivity contribution in [2.75, 3.05) is 19.8 Å². The Balaban J connectivity index is 3.34. The summed E-state index contributed by atoms with van der Waals surface area (Å²) in [6, 6.07) is -0.355. The highest BCUT2D eigenvalue weighted by atomic mass is 16.5. The molecule has 4 nitrogen and oxygen atoms in total. The monoisotopic (exact) mass is 202 g/mol. The average molecular weight is 202 g/mol. The van der Waals surface area contributed by atoms with E-state index in [1.165, 1.54) is 0 Å². The lowest BCUT2D eigenvalue weighted by atomic mass is 10.2. The molecular weight excluding hydrogens is 180 g/mol. The molecule has 0 heterocycles. The van der Waals surface area contributed by atoms with Crippen molar-refractivity contribution in [3.63, 3.8) is 0 Å². The topological polar surface area (TPSA) is 64.4 Å². The molecule has 0 spiro atoms. The van der Waals surface area contributed by atoms with E-state index in [1.807, 2.05) is 13.8 Å². The van der Waals surface area contributed by atoms with Crippen LogP contribution in [0, 0.1) is 0 Å². The molecule has 0 aliphatic rings. The minimum Gasteiger partial charge on any atom is -0.382 e. The van der Waals surface area contributed by atoms with Gasteiger partial charge >= 0.3 is 0 Å². The summed E-state index contributed by atoms with van der Waals surface area (Å²) in [4.78, 5) is 11.3. The number of amides is 1. The number of hydrogen-bond acceptors (Lipinski definition) is 3. The standard InChI is InChI=1S/C10H22N2O2/c1-3-6-9(11)10(13)12-7-5-8-14-4-2/h9H,3-8,11H2,1-2H3,(H,12,13)/t9-/m0/s1. The first-order valence-corrected chi connectivity index (χ1v) is 5.33. The van der Waals surface area contributed by atoms with Gasteiger partial charge in [0.1, 0.15) is 0 Å². The fourth-order valence-electron chi connectivity index (χ4n) is 1.10. The van der Waals surface area contributed by atoms with E-state index in [0.29, 0.717) is 13.2 Å². The lowest BCUT2D eigenvalue weighted by Crippen LogP contribution is -2.40. The molecule has 0 aromatic heterocycles. The van der Waals surface area contributed by atoms with Crippen molar-refractivity contribution in [3.8, 4) is 0 Å². The van der Waals surface area contributed by atoms with Crippen LogP contribution in [0.4, 0.5) is 0 Å². The Hall–Kier alpha value is -0.610. The van der Waals surface area contributed by atoms with Crippen molar-refractivity contribution in [2.45, 2.75) is 39.2 Å². The number of hydrogen-bond donors (Lipinski definition) is 2. The Kier molecular flexibility index (Phi) is 8.57. The number of nitrogens with one attached hydrogen (secondary N) is 1. The van der Waals surface area contributed by atoms with E-state index >= 15 is 0 Å². The molecule has 0 aliphatic heterocycles. The summed E-state index contributed by atoms with van der Waals surface area (Å²) in [7, 11) is 0. The summed E-state index contributed by atoms with van der Waals surface area (Å²) in [5.74, 6) is -0.0525. The van der Waals surface area contributed by atoms with E-state index in [0.717, 1.165) is 25.9 Å². The molecule has 0 bridgehead atoms. The molecule has 84 valence electrons. The van der Waals surface area contributed by atoms with E-state index in [-0.39, 0.29) is 11.9 Å². The van der Waals surface area contributed by atoms with Crippen molar-refractivity contribution in [1.82, 2.24) is 5.32 Å². The van der Waals surface area contributed by atoms with Crippen LogP contribution >= 0.6 is 0 Å². The Labute approximate surface area is 86.2 Å². The van der Waals surface area contributed by atoms with E-state index in [9.17, 15) is 4.79 Å². The molecule has 0 aliphatic carbocycles. The largest absolute Gasteiger partial charge is 0.382 e. The van der Waals surface area contributed by atoms with Crippen LogP contribution in [0.25, 0.3) is 0 Å². The lowest BCUT2D eigenvalue weighted by molar-refractivity contribution is -0.122. The second-order valence-electron chi connectivity index (χ2n) is 3.24. The molecule has 4 heteroatoms. The van der Waals surface area contributed by atoms with Gasteiger partial charge in [0.25, 0.3) is 0 Å². The van der Waals surface area contributed by atoms with Crippen molar-refractivity contribution < 1.29 is 9.53 Å². The Morgan fingerprint density at radius 1 is 1.50 bits per heavy atom. The molecule has 0 radical (unpaired) electrons. The van der Waals surface area contributed by atoms with Crippen molar-refractivity contribution >= 4 is 5.91 Å². The Bertz CT molecular complexity index is 151. The zero-order valence-corrected chi connectivity index (χ0v) is 9.21. The summed E-state index contributed by atoms with van der Waals surface area (Å²) >= 11 is 0. The smallest absolute Gasteiger partial charge is 0.236 e. The average Bonchev–Trinajstić information content (AvgIpc) is 2.17. The highest BCUT2D eigenvalue weighted by molar-refractivity contribution is 5.81. The molecule has 0 saturated heterocycles. The van der Waals surface area contributed by atoms with Crippen molar-refractivity contribution in [2.24, 2.45) is 5.73 Å². The maximum absolute atomic E-state index is 11.3. The van der Waals surface area contributed by atoms with Crippen LogP contribution in [0.5, 0.6) is 0 Å². The zero-order chi connectivity index (χ0) is 10.8. The Morgan fingerprint density at radius 3 is 2.79 bits per heavy atom. The van der Waals surface area contributed by atoms with Gasteiger partial charge in [0.05, 0.1) is 6.04 Å². The summed E-state index contributed by atoms with van der Waals surface area (Å²) in [5.41, 5.74) is 5.63. The highest BCUT2D eigenvalue weighted by Gasteiger charge is 2.10. The third-order valence-electron chi connectivity index (χ3n) is 1.91. The van der Waals surface area contributed by atoms with Crippen LogP contribution in [0.15, 0.2) is 0 Å². The minimum atomic E-state index is -0.355. The number of nitrogens with two attached hydrogens (primary N) is 1. The molecule has 0 fully saturated rings. The van der Waals surface area contributed by atoms with Crippen LogP contribution in [0.3, 0.4) is 0 Å². The zero-order valence-electron chi connectivity index (χ0n) is 9.21. The summed E-state index contributed by atoms with van der Waals surface area (Å²) in [6.45, 7) is 6.04. The molecule has 1 amide bonds. The maximum Gasteiger partial charge on any atom is 0.236 e. The molecule has 14 heavy (non-hydrogen) atoms. The number of carbonyl (C=O) groups is 1. The molecule has 0 rings (SSSR count). The van der Waals surface area contributed by atoms with Gasteiger partial charge in [-0.15, -0.1) is 0 Å². The van der Waals surface area contributed by atoms with Gasteiger partial charge in [-0.2, -0.15) is 0 Å². The summed E-state index contributed by atoms with van der Waals surface area (Å²) in [5, 5.41) is 2.78. The normalized spacial score (nSPS) is 12.5. The lowest BCUT2D eigenvalue weighted by Gasteiger charge is -2.10. The van der Waals surface area contributed by atoms with Crippen LogP contribution in [-0.2, 0) is 9.53 Å². The van der Waals surface area contributed by atoms with Crippen LogP contribution in [-0.4, -0.2) is 31.7 Å². The summed E-state index contributed by atoms with van der Waals surface area (Å²) in [6.07, 6.45) is 2.53. The molecule has 0 saturated carbocycles. The van der Waals surface area contributed by atoms with E-state index in [2.05, 4.69) is 5.32 Å². The highest BCUT2D eigenvalue weighted by Crippen LogP contribution is 1.92. The van der Waals surface area contributed by atoms with Crippen LogP contribution in [0.2, 0.25) is 0 Å². The maximum atomic E-state index is 11.3. The fraction of sp³-hybridized carbons (Fsp3) is 0.900. The van der Waals surface area contributed by atoms with Gasteiger partial charge in [-0.05, 0) is 19.8 Å². The van der Waals surface area contributed by atoms with Gasteiger partial charge in [0.2, 0.25) is 5.91 Å². The van der Waals surface area contributed by atoms with Crippen LogP contribution < -0.4 is 11.1 Å². The fourth-order valence-corrected chi connectivity index (χ4v) is 1.10. The molecule has 1 atom stereocenters. The quantitative estimate of drug-likeness (QED) is 0.568. The predicted molar refractivity (Wildman–Crippen MR) is 57.0 cm³/mol. The van der Waals surface area contributed by atoms with E-state index in [1.54, 1.807) is 0 Å². The molecule has 0 aromatic rings. The van der Waals surface area contributed by atoms with Gasteiger partial charge in [0.15, 0.2) is 0 Å². The first kappa shape index (κ1) is 13.4. The first-order chi connectivity index (χ1) is 6.72. The van der Waals surface area contributed by atoms with Gasteiger partial charge in [0, 0.05) is 19.8 Å². The predicted octanol–water partition coefficient (Wildman–Crippen LogP) is 0.657. The molecular formula is C10H22N2O2. The SMILES string of the molecule is CCC[C@H](N)C(=O)NCCCOCC. The minimum absolute atomic E-state index is 0.0525. The number of carbonyl (C=O) groups excluding carboxylic acids is 1. The molecule has 0 unspecified atom stereocenters. The van der Waals surface area contributed by atoms with E-state index in [4.69, 9.17) is 10.5 Å². The summed E-state index contributed by atoms with van der Waals surface area (Å²) < 4.78 is 5.14. The first-order valence-electron chi connectivity index (χ1n) is 5.33. The van der Waals surface area contributed by atoms with Gasteiger partial charge in [-0.25, -0.2) is 0 Å². The molecule has 0 aromatic carbocycles. The van der Waals surface area contributed by atoms with Crippen molar-refractivity contribution in [1.29, 1.82) is 0 Å². The Morgan fingerprint density at radius 2 is 2.21 bits per heavy atom. The van der Waals surface area contributed by atoms with Gasteiger partial charge < -0.3 is 15.8 Å². The van der Waals surface area contributed by atoms with Crippen molar-refractivity contribution in [3.05, 3.63) is 0 Å². The number of rotatable bonds is 8. The van der Waals surface area contributed by atoms with Crippen LogP contribution in [0.1, 0.15) is 33.1 Å². The third kappa shape index (κ3) is 6.86. The second kappa shape index (κ2) is 8.97. The second-order valence-corrected chi connectivity index (χ2v) is 3.24. The molecule has 3 N–H and O–H groups in total. The third-order valence-corrected chi connectivity index (χ3v) is 1.91.